The summed E-state index contributed by atoms with van der Waals surface area (Å²) in [6.45, 7) is 2.09. The minimum absolute atomic E-state index is 0.826. The van der Waals surface area contributed by atoms with Crippen molar-refractivity contribution in [3.8, 4) is 11.5 Å². The van der Waals surface area contributed by atoms with E-state index in [1.54, 1.807) is 14.2 Å². The quantitative estimate of drug-likeness (QED) is 0.621. The molecule has 3 rings (SSSR count). The molecule has 0 bridgehead atoms. The molecule has 0 heterocycles. The Morgan fingerprint density at radius 1 is 0.625 bits per heavy atom. The van der Waals surface area contributed by atoms with Crippen LogP contribution in [0.25, 0.3) is 0 Å². The fourth-order valence-electron chi connectivity index (χ4n) is 2.64. The van der Waals surface area contributed by atoms with Gasteiger partial charge >= 0.3 is 0 Å². The van der Waals surface area contributed by atoms with Crippen molar-refractivity contribution in [3.05, 3.63) is 78.4 Å². The van der Waals surface area contributed by atoms with Gasteiger partial charge in [-0.3, -0.25) is 0 Å². The summed E-state index contributed by atoms with van der Waals surface area (Å²) in [6.07, 6.45) is 0. The molecule has 0 aliphatic heterocycles. The van der Waals surface area contributed by atoms with Crippen LogP contribution in [0.1, 0.15) is 5.56 Å². The van der Waals surface area contributed by atoms with E-state index in [2.05, 4.69) is 48.2 Å². The Balaban J connectivity index is 2.14. The number of benzene rings is 3. The van der Waals surface area contributed by atoms with Crippen molar-refractivity contribution >= 4 is 17.1 Å². The summed E-state index contributed by atoms with van der Waals surface area (Å²) in [5, 5.41) is 0. The molecule has 0 aliphatic rings. The number of nitrogens with zero attached hydrogens (tertiary/aromatic N) is 1. The number of anilines is 3. The van der Waals surface area contributed by atoms with Gasteiger partial charge in [0.25, 0.3) is 0 Å². The summed E-state index contributed by atoms with van der Waals surface area (Å²) in [4.78, 5) is 2.18. The van der Waals surface area contributed by atoms with Gasteiger partial charge in [-0.15, -0.1) is 0 Å². The molecule has 0 saturated carbocycles. The van der Waals surface area contributed by atoms with E-state index in [1.807, 2.05) is 36.4 Å². The monoisotopic (exact) mass is 319 g/mol. The summed E-state index contributed by atoms with van der Waals surface area (Å²) < 4.78 is 10.8. The maximum atomic E-state index is 5.39. The Hall–Kier alpha value is -2.94. The standard InChI is InChI=1S/C21H21NO2/c1-16-10-12-17(13-11-16)22(18-6-4-8-20(14-18)23-2)19-7-5-9-21(15-19)24-3/h4-15H,1-3H3. The molecule has 122 valence electrons. The molecular formula is C21H21NO2. The lowest BCUT2D eigenvalue weighted by Crippen LogP contribution is -2.10. The highest BCUT2D eigenvalue weighted by Gasteiger charge is 2.13. The van der Waals surface area contributed by atoms with Crippen LogP contribution in [0.5, 0.6) is 11.5 Å². The lowest BCUT2D eigenvalue weighted by Gasteiger charge is -2.26. The summed E-state index contributed by atoms with van der Waals surface area (Å²) in [5.74, 6) is 1.65. The number of rotatable bonds is 5. The fourth-order valence-corrected chi connectivity index (χ4v) is 2.64. The predicted molar refractivity (Wildman–Crippen MR) is 99.0 cm³/mol. The van der Waals surface area contributed by atoms with Gasteiger partial charge in [0.15, 0.2) is 0 Å². The van der Waals surface area contributed by atoms with E-state index in [9.17, 15) is 0 Å². The second kappa shape index (κ2) is 7.09. The van der Waals surface area contributed by atoms with Crippen molar-refractivity contribution in [2.24, 2.45) is 0 Å². The average molecular weight is 319 g/mol. The summed E-state index contributed by atoms with van der Waals surface area (Å²) in [6, 6.07) is 24.5. The topological polar surface area (TPSA) is 21.7 Å². The van der Waals surface area contributed by atoms with Crippen LogP contribution in [0.4, 0.5) is 17.1 Å². The Kier molecular flexibility index (Phi) is 4.71. The molecule has 0 spiro atoms. The summed E-state index contributed by atoms with van der Waals surface area (Å²) >= 11 is 0. The molecule has 3 heteroatoms. The van der Waals surface area contributed by atoms with Gasteiger partial charge in [-0.1, -0.05) is 29.8 Å². The molecule has 0 radical (unpaired) electrons. The van der Waals surface area contributed by atoms with E-state index in [0.717, 1.165) is 28.6 Å². The van der Waals surface area contributed by atoms with Crippen LogP contribution in [0.3, 0.4) is 0 Å². The zero-order chi connectivity index (χ0) is 16.9. The molecule has 0 aliphatic carbocycles. The van der Waals surface area contributed by atoms with E-state index in [4.69, 9.17) is 9.47 Å². The number of methoxy groups -OCH3 is 2. The SMILES string of the molecule is COc1cccc(N(c2ccc(C)cc2)c2cccc(OC)c2)c1. The third kappa shape index (κ3) is 3.35. The highest BCUT2D eigenvalue weighted by Crippen LogP contribution is 2.37. The highest BCUT2D eigenvalue weighted by atomic mass is 16.5. The molecule has 0 atom stereocenters. The molecule has 0 saturated heterocycles. The molecule has 3 aromatic rings. The molecule has 0 amide bonds. The molecule has 0 unspecified atom stereocenters. The van der Waals surface area contributed by atoms with Gasteiger partial charge in [-0.2, -0.15) is 0 Å². The normalized spacial score (nSPS) is 10.3. The van der Waals surface area contributed by atoms with Gasteiger partial charge in [0, 0.05) is 29.2 Å². The van der Waals surface area contributed by atoms with Crippen molar-refractivity contribution in [3.63, 3.8) is 0 Å². The second-order valence-corrected chi connectivity index (χ2v) is 5.57. The zero-order valence-electron chi connectivity index (χ0n) is 14.2. The Bertz CT molecular complexity index is 765. The largest absolute Gasteiger partial charge is 0.497 e. The van der Waals surface area contributed by atoms with Crippen LogP contribution in [-0.2, 0) is 0 Å². The van der Waals surface area contributed by atoms with Gasteiger partial charge in [-0.25, -0.2) is 0 Å². The molecular weight excluding hydrogens is 298 g/mol. The van der Waals surface area contributed by atoms with Crippen molar-refractivity contribution in [2.45, 2.75) is 6.92 Å². The Labute approximate surface area is 143 Å². The minimum atomic E-state index is 0.826. The summed E-state index contributed by atoms with van der Waals surface area (Å²) in [7, 11) is 3.36. The Morgan fingerprint density at radius 3 is 1.58 bits per heavy atom. The third-order valence-electron chi connectivity index (χ3n) is 3.92. The first-order valence-electron chi connectivity index (χ1n) is 7.86. The van der Waals surface area contributed by atoms with Crippen LogP contribution in [0.15, 0.2) is 72.8 Å². The molecule has 3 nitrogen and oxygen atoms in total. The second-order valence-electron chi connectivity index (χ2n) is 5.57. The lowest BCUT2D eigenvalue weighted by atomic mass is 10.1. The number of hydrogen-bond donors (Lipinski definition) is 0. The van der Waals surface area contributed by atoms with Gasteiger partial charge in [0.05, 0.1) is 14.2 Å². The molecule has 3 aromatic carbocycles. The first kappa shape index (κ1) is 15.9. The fraction of sp³-hybridized carbons (Fsp3) is 0.143. The first-order chi connectivity index (χ1) is 11.7. The summed E-state index contributed by atoms with van der Waals surface area (Å²) in [5.41, 5.74) is 4.38. The molecule has 24 heavy (non-hydrogen) atoms. The van der Waals surface area contributed by atoms with Crippen LogP contribution >= 0.6 is 0 Å². The van der Waals surface area contributed by atoms with Crippen LogP contribution in [0, 0.1) is 6.92 Å². The van der Waals surface area contributed by atoms with E-state index in [-0.39, 0.29) is 0 Å². The van der Waals surface area contributed by atoms with Crippen molar-refractivity contribution < 1.29 is 9.47 Å². The minimum Gasteiger partial charge on any atom is -0.497 e. The highest BCUT2D eigenvalue weighted by molar-refractivity contribution is 5.77. The van der Waals surface area contributed by atoms with Gasteiger partial charge in [-0.05, 0) is 43.3 Å². The average Bonchev–Trinajstić information content (AvgIpc) is 2.64. The molecule has 0 N–H and O–H groups in total. The van der Waals surface area contributed by atoms with E-state index >= 15 is 0 Å². The first-order valence-corrected chi connectivity index (χ1v) is 7.86. The zero-order valence-corrected chi connectivity index (χ0v) is 14.2. The van der Waals surface area contributed by atoms with Gasteiger partial charge in [0.2, 0.25) is 0 Å². The number of ether oxygens (including phenoxy) is 2. The van der Waals surface area contributed by atoms with E-state index < -0.39 is 0 Å². The third-order valence-corrected chi connectivity index (χ3v) is 3.92. The smallest absolute Gasteiger partial charge is 0.120 e. The molecule has 0 aromatic heterocycles. The molecule has 0 fully saturated rings. The maximum absolute atomic E-state index is 5.39. The van der Waals surface area contributed by atoms with Crippen LogP contribution in [-0.4, -0.2) is 14.2 Å². The number of hydrogen-bond acceptors (Lipinski definition) is 3. The van der Waals surface area contributed by atoms with Crippen LogP contribution in [0.2, 0.25) is 0 Å². The number of aryl methyl sites for hydroxylation is 1. The van der Waals surface area contributed by atoms with E-state index in [1.165, 1.54) is 5.56 Å². The van der Waals surface area contributed by atoms with E-state index in [0.29, 0.717) is 0 Å². The van der Waals surface area contributed by atoms with Crippen molar-refractivity contribution in [1.82, 2.24) is 0 Å². The van der Waals surface area contributed by atoms with Crippen LogP contribution < -0.4 is 14.4 Å². The maximum Gasteiger partial charge on any atom is 0.120 e. The predicted octanol–water partition coefficient (Wildman–Crippen LogP) is 5.48. The Morgan fingerprint density at radius 2 is 1.12 bits per heavy atom. The van der Waals surface area contributed by atoms with Crippen molar-refractivity contribution in [2.75, 3.05) is 19.1 Å². The van der Waals surface area contributed by atoms with Gasteiger partial charge < -0.3 is 14.4 Å². The van der Waals surface area contributed by atoms with Gasteiger partial charge in [0.1, 0.15) is 11.5 Å². The lowest BCUT2D eigenvalue weighted by molar-refractivity contribution is 0.414. The van der Waals surface area contributed by atoms with Crippen molar-refractivity contribution in [1.29, 1.82) is 0 Å².